The molecule has 0 aromatic carbocycles. The molecule has 0 spiro atoms. The van der Waals surface area contributed by atoms with Crippen molar-refractivity contribution in [3.8, 4) is 0 Å². The summed E-state index contributed by atoms with van der Waals surface area (Å²) in [6.07, 6.45) is 0. The van der Waals surface area contributed by atoms with Gasteiger partial charge in [-0.25, -0.2) is 0 Å². The highest BCUT2D eigenvalue weighted by molar-refractivity contribution is 9.11. The summed E-state index contributed by atoms with van der Waals surface area (Å²) in [5, 5.41) is 8.67. The van der Waals surface area contributed by atoms with Crippen LogP contribution in [0.15, 0.2) is 3.92 Å². The maximum absolute atomic E-state index is 5.22. The summed E-state index contributed by atoms with van der Waals surface area (Å²) in [4.78, 5) is 0. The molecule has 1 aromatic heterocycles. The van der Waals surface area contributed by atoms with Gasteiger partial charge in [0.25, 0.3) is 0 Å². The lowest BCUT2D eigenvalue weighted by Gasteiger charge is -2.18. The number of rotatable bonds is 2. The molecule has 0 bridgehead atoms. The quantitative estimate of drug-likeness (QED) is 0.790. The largest absolute Gasteiger partial charge is 0.372 e. The molecule has 0 aliphatic heterocycles. The molecule has 5 heteroatoms. The molecule has 11 heavy (non-hydrogen) atoms. The number of nitrogens with zero attached hydrogens (tertiary/aromatic N) is 2. The monoisotopic (exact) mass is 236 g/mol. The minimum absolute atomic E-state index is 0.330. The maximum atomic E-state index is 5.22. The Bertz CT molecular complexity index is 248. The number of aromatic nitrogens is 2. The van der Waals surface area contributed by atoms with E-state index in [2.05, 4.69) is 26.1 Å². The molecule has 1 aromatic rings. The van der Waals surface area contributed by atoms with Crippen LogP contribution >= 0.6 is 27.3 Å². The van der Waals surface area contributed by atoms with Gasteiger partial charge in [-0.15, -0.1) is 10.2 Å². The number of halogens is 1. The average molecular weight is 237 g/mol. The van der Waals surface area contributed by atoms with E-state index in [9.17, 15) is 0 Å². The van der Waals surface area contributed by atoms with E-state index in [1.54, 1.807) is 7.11 Å². The van der Waals surface area contributed by atoms with E-state index in [0.717, 1.165) is 8.92 Å². The van der Waals surface area contributed by atoms with Crippen molar-refractivity contribution in [2.24, 2.45) is 0 Å². The predicted molar refractivity (Wildman–Crippen MR) is 47.6 cm³/mol. The zero-order chi connectivity index (χ0) is 8.48. The standard InChI is InChI=1S/C6H9BrN2OS/c1-6(2,10-3)4-8-9-5(7)11-4/h1-3H3. The molecular weight excluding hydrogens is 228 g/mol. The van der Waals surface area contributed by atoms with Crippen molar-refractivity contribution < 1.29 is 4.74 Å². The van der Waals surface area contributed by atoms with Gasteiger partial charge in [0, 0.05) is 7.11 Å². The lowest BCUT2D eigenvalue weighted by molar-refractivity contribution is 0.0185. The number of ether oxygens (including phenoxy) is 1. The third kappa shape index (κ3) is 1.98. The molecule has 0 fully saturated rings. The number of hydrogen-bond donors (Lipinski definition) is 0. The third-order valence-electron chi connectivity index (χ3n) is 1.43. The van der Waals surface area contributed by atoms with E-state index < -0.39 is 0 Å². The Balaban J connectivity index is 2.92. The van der Waals surface area contributed by atoms with Gasteiger partial charge in [-0.1, -0.05) is 11.3 Å². The van der Waals surface area contributed by atoms with Gasteiger partial charge in [0.05, 0.1) is 0 Å². The van der Waals surface area contributed by atoms with Crippen LogP contribution in [0.3, 0.4) is 0 Å². The summed E-state index contributed by atoms with van der Waals surface area (Å²) in [5.41, 5.74) is -0.330. The molecule has 0 amide bonds. The van der Waals surface area contributed by atoms with E-state index in [4.69, 9.17) is 4.74 Å². The number of hydrogen-bond acceptors (Lipinski definition) is 4. The molecule has 3 nitrogen and oxygen atoms in total. The van der Waals surface area contributed by atoms with Crippen LogP contribution in [0.4, 0.5) is 0 Å². The summed E-state index contributed by atoms with van der Waals surface area (Å²) < 4.78 is 6.01. The molecule has 0 saturated heterocycles. The van der Waals surface area contributed by atoms with Crippen molar-refractivity contribution in [3.63, 3.8) is 0 Å². The van der Waals surface area contributed by atoms with Crippen LogP contribution in [0.2, 0.25) is 0 Å². The van der Waals surface area contributed by atoms with E-state index in [-0.39, 0.29) is 5.60 Å². The van der Waals surface area contributed by atoms with Gasteiger partial charge in [0.1, 0.15) is 10.6 Å². The molecule has 1 rings (SSSR count). The van der Waals surface area contributed by atoms with Gasteiger partial charge >= 0.3 is 0 Å². The van der Waals surface area contributed by atoms with E-state index in [1.165, 1.54) is 11.3 Å². The van der Waals surface area contributed by atoms with Crippen molar-refractivity contribution in [2.45, 2.75) is 19.4 Å². The second-order valence-corrected chi connectivity index (χ2v) is 4.83. The average Bonchev–Trinajstić information content (AvgIpc) is 2.36. The van der Waals surface area contributed by atoms with Crippen LogP contribution in [-0.2, 0) is 10.3 Å². The van der Waals surface area contributed by atoms with E-state index >= 15 is 0 Å². The fraction of sp³-hybridized carbons (Fsp3) is 0.667. The first-order valence-electron chi connectivity index (χ1n) is 3.11. The Kier molecular flexibility index (Phi) is 2.61. The maximum Gasteiger partial charge on any atom is 0.183 e. The Morgan fingerprint density at radius 1 is 1.45 bits per heavy atom. The van der Waals surface area contributed by atoms with Gasteiger partial charge in [0.15, 0.2) is 3.92 Å². The molecule has 0 aliphatic rings. The first-order chi connectivity index (χ1) is 5.06. The van der Waals surface area contributed by atoms with E-state index in [1.807, 2.05) is 13.8 Å². The van der Waals surface area contributed by atoms with Crippen molar-refractivity contribution >= 4 is 27.3 Å². The normalized spacial score (nSPS) is 12.0. The Labute approximate surface area is 77.9 Å². The molecule has 0 aliphatic carbocycles. The van der Waals surface area contributed by atoms with Crippen LogP contribution in [0, 0.1) is 0 Å². The summed E-state index contributed by atoms with van der Waals surface area (Å²) >= 11 is 4.73. The second kappa shape index (κ2) is 3.16. The molecule has 0 saturated carbocycles. The van der Waals surface area contributed by atoms with Gasteiger partial charge < -0.3 is 4.74 Å². The topological polar surface area (TPSA) is 35.0 Å². The smallest absolute Gasteiger partial charge is 0.183 e. The molecule has 0 atom stereocenters. The Morgan fingerprint density at radius 3 is 2.45 bits per heavy atom. The summed E-state index contributed by atoms with van der Waals surface area (Å²) in [5.74, 6) is 0. The fourth-order valence-corrected chi connectivity index (χ4v) is 1.73. The number of methoxy groups -OCH3 is 1. The van der Waals surface area contributed by atoms with Crippen molar-refractivity contribution in [2.75, 3.05) is 7.11 Å². The van der Waals surface area contributed by atoms with Crippen LogP contribution in [0.5, 0.6) is 0 Å². The zero-order valence-corrected chi connectivity index (χ0v) is 8.99. The third-order valence-corrected chi connectivity index (χ3v) is 3.09. The predicted octanol–water partition coefficient (Wildman–Crippen LogP) is 2.18. The lowest BCUT2D eigenvalue weighted by Crippen LogP contribution is -2.18. The molecule has 0 radical (unpaired) electrons. The summed E-state index contributed by atoms with van der Waals surface area (Å²) in [6, 6.07) is 0. The second-order valence-electron chi connectivity index (χ2n) is 2.57. The summed E-state index contributed by atoms with van der Waals surface area (Å²) in [6.45, 7) is 3.92. The van der Waals surface area contributed by atoms with Crippen LogP contribution < -0.4 is 0 Å². The van der Waals surface area contributed by atoms with Gasteiger partial charge in [-0.2, -0.15) is 0 Å². The van der Waals surface area contributed by atoms with E-state index in [0.29, 0.717) is 0 Å². The molecule has 62 valence electrons. The highest BCUT2D eigenvalue weighted by atomic mass is 79.9. The Morgan fingerprint density at radius 2 is 2.09 bits per heavy atom. The summed E-state index contributed by atoms with van der Waals surface area (Å²) in [7, 11) is 1.66. The molecule has 1 heterocycles. The van der Waals surface area contributed by atoms with Gasteiger partial charge in [0.2, 0.25) is 0 Å². The molecular formula is C6H9BrN2OS. The zero-order valence-electron chi connectivity index (χ0n) is 6.59. The van der Waals surface area contributed by atoms with Gasteiger partial charge in [-0.3, -0.25) is 0 Å². The van der Waals surface area contributed by atoms with Crippen LogP contribution in [0.1, 0.15) is 18.9 Å². The molecule has 0 unspecified atom stereocenters. The first kappa shape index (κ1) is 9.09. The fourth-order valence-electron chi connectivity index (χ4n) is 0.536. The SMILES string of the molecule is COC(C)(C)c1nnc(Br)s1. The first-order valence-corrected chi connectivity index (χ1v) is 4.72. The highest BCUT2D eigenvalue weighted by Crippen LogP contribution is 2.28. The highest BCUT2D eigenvalue weighted by Gasteiger charge is 2.23. The lowest BCUT2D eigenvalue weighted by atomic mass is 10.1. The minimum atomic E-state index is -0.330. The van der Waals surface area contributed by atoms with Crippen molar-refractivity contribution in [1.29, 1.82) is 0 Å². The van der Waals surface area contributed by atoms with Gasteiger partial charge in [-0.05, 0) is 29.8 Å². The van der Waals surface area contributed by atoms with Crippen molar-refractivity contribution in [1.82, 2.24) is 10.2 Å². The van der Waals surface area contributed by atoms with Crippen LogP contribution in [-0.4, -0.2) is 17.3 Å². The minimum Gasteiger partial charge on any atom is -0.372 e. The van der Waals surface area contributed by atoms with Crippen molar-refractivity contribution in [3.05, 3.63) is 8.92 Å². The van der Waals surface area contributed by atoms with Crippen LogP contribution in [0.25, 0.3) is 0 Å². The Hall–Kier alpha value is -0.0000000000000000833. The molecule has 0 N–H and O–H groups in total.